The van der Waals surface area contributed by atoms with Crippen LogP contribution in [0.1, 0.15) is 29.7 Å². The minimum absolute atomic E-state index is 0.0837. The molecule has 8 heteroatoms. The van der Waals surface area contributed by atoms with Crippen LogP contribution in [0.15, 0.2) is 91.0 Å². The summed E-state index contributed by atoms with van der Waals surface area (Å²) in [5.74, 6) is 2.22. The second-order valence-corrected chi connectivity index (χ2v) is 10.1. The van der Waals surface area contributed by atoms with Crippen LogP contribution >= 0.6 is 0 Å². The molecule has 0 aromatic heterocycles. The van der Waals surface area contributed by atoms with E-state index in [1.807, 2.05) is 97.9 Å². The molecule has 2 fully saturated rings. The Kier molecular flexibility index (Phi) is 8.13. The van der Waals surface area contributed by atoms with Crippen LogP contribution in [0.5, 0.6) is 0 Å². The molecule has 3 aromatic carbocycles. The Morgan fingerprint density at radius 1 is 0.950 bits per heavy atom. The van der Waals surface area contributed by atoms with E-state index in [9.17, 15) is 14.4 Å². The molecule has 4 amide bonds. The molecule has 2 saturated heterocycles. The Hall–Kier alpha value is -4.61. The molecule has 0 radical (unpaired) electrons. The molecular formula is C32H33N5O3. The Labute approximate surface area is 235 Å². The van der Waals surface area contributed by atoms with Crippen molar-refractivity contribution in [2.24, 2.45) is 0 Å². The Morgan fingerprint density at radius 3 is 2.17 bits per heavy atom. The van der Waals surface area contributed by atoms with E-state index in [0.29, 0.717) is 13.0 Å². The van der Waals surface area contributed by atoms with Crippen molar-refractivity contribution >= 4 is 17.8 Å². The van der Waals surface area contributed by atoms with Crippen molar-refractivity contribution in [3.05, 3.63) is 108 Å². The van der Waals surface area contributed by atoms with Gasteiger partial charge in [0.25, 0.3) is 0 Å². The van der Waals surface area contributed by atoms with Gasteiger partial charge >= 0.3 is 6.03 Å². The highest BCUT2D eigenvalue weighted by Gasteiger charge is 2.52. The lowest BCUT2D eigenvalue weighted by atomic mass is 9.96. The zero-order valence-electron chi connectivity index (χ0n) is 22.5. The standard InChI is InChI=1S/C32H33N5O3/c1-3-19-34-23-30(38)36-28(20-25-13-7-4-8-14-25)31(39)35(24(2)27-17-11-6-12-18-27)22-29(36)37(34)32(40)33-21-26-15-9-5-10-16-26/h1,4-18,24,28-29H,19-23H2,2H3,(H,33,40)/t24-,28+,29+/m1/s1. The SMILES string of the molecule is C#CCN1CC(=O)N2[C@@H](Cc3ccccc3)C(=O)N([C@H](C)c3ccccc3)C[C@@H]2N1C(=O)NCc1ccccc1. The first-order chi connectivity index (χ1) is 19.5. The first-order valence-electron chi connectivity index (χ1n) is 13.5. The molecule has 2 aliphatic heterocycles. The fourth-order valence-corrected chi connectivity index (χ4v) is 5.55. The second kappa shape index (κ2) is 12.1. The Balaban J connectivity index is 1.51. The molecule has 0 aliphatic carbocycles. The van der Waals surface area contributed by atoms with Crippen molar-refractivity contribution in [2.75, 3.05) is 19.6 Å². The summed E-state index contributed by atoms with van der Waals surface area (Å²) in [4.78, 5) is 44.9. The molecule has 8 nitrogen and oxygen atoms in total. The molecular weight excluding hydrogens is 502 g/mol. The lowest BCUT2D eigenvalue weighted by molar-refractivity contribution is -0.190. The van der Waals surface area contributed by atoms with Gasteiger partial charge in [0.1, 0.15) is 12.2 Å². The number of nitrogens with zero attached hydrogens (tertiary/aromatic N) is 4. The first kappa shape index (κ1) is 27.0. The van der Waals surface area contributed by atoms with Crippen LogP contribution < -0.4 is 5.32 Å². The van der Waals surface area contributed by atoms with Gasteiger partial charge in [0.2, 0.25) is 11.8 Å². The monoisotopic (exact) mass is 535 g/mol. The van der Waals surface area contributed by atoms with Gasteiger partial charge in [-0.3, -0.25) is 9.59 Å². The number of urea groups is 1. The van der Waals surface area contributed by atoms with Crippen molar-refractivity contribution in [1.82, 2.24) is 25.1 Å². The van der Waals surface area contributed by atoms with E-state index in [4.69, 9.17) is 6.42 Å². The molecule has 0 spiro atoms. The van der Waals surface area contributed by atoms with Gasteiger partial charge in [0, 0.05) is 13.0 Å². The lowest BCUT2D eigenvalue weighted by Crippen LogP contribution is -2.76. The van der Waals surface area contributed by atoms with Crippen LogP contribution in [0, 0.1) is 12.3 Å². The highest BCUT2D eigenvalue weighted by atomic mass is 16.2. The van der Waals surface area contributed by atoms with Gasteiger partial charge in [0.05, 0.1) is 25.7 Å². The van der Waals surface area contributed by atoms with Gasteiger partial charge in [-0.1, -0.05) is 96.9 Å². The van der Waals surface area contributed by atoms with Gasteiger partial charge in [-0.15, -0.1) is 6.42 Å². The first-order valence-corrected chi connectivity index (χ1v) is 13.5. The summed E-state index contributed by atoms with van der Waals surface area (Å²) >= 11 is 0. The maximum atomic E-state index is 14.1. The zero-order valence-corrected chi connectivity index (χ0v) is 22.5. The molecule has 204 valence electrons. The molecule has 2 heterocycles. The van der Waals surface area contributed by atoms with Crippen molar-refractivity contribution in [1.29, 1.82) is 0 Å². The lowest BCUT2D eigenvalue weighted by Gasteiger charge is -2.55. The topological polar surface area (TPSA) is 76.2 Å². The van der Waals surface area contributed by atoms with Crippen LogP contribution in [-0.2, 0) is 22.6 Å². The van der Waals surface area contributed by atoms with Crippen LogP contribution in [-0.4, -0.2) is 69.5 Å². The number of hydrazine groups is 1. The van der Waals surface area contributed by atoms with Crippen LogP contribution in [0.4, 0.5) is 4.79 Å². The molecule has 5 rings (SSSR count). The number of carbonyl (C=O) groups is 3. The van der Waals surface area contributed by atoms with Gasteiger partial charge in [-0.05, 0) is 23.6 Å². The summed E-state index contributed by atoms with van der Waals surface area (Å²) < 4.78 is 0. The van der Waals surface area contributed by atoms with Crippen molar-refractivity contribution in [2.45, 2.75) is 38.1 Å². The van der Waals surface area contributed by atoms with Gasteiger partial charge in [-0.25, -0.2) is 9.80 Å². The van der Waals surface area contributed by atoms with Gasteiger partial charge < -0.3 is 15.1 Å². The third kappa shape index (κ3) is 5.56. The summed E-state index contributed by atoms with van der Waals surface area (Å²) in [5, 5.41) is 6.13. The maximum Gasteiger partial charge on any atom is 0.334 e. The number of hydrogen-bond acceptors (Lipinski definition) is 4. The predicted molar refractivity (Wildman–Crippen MR) is 152 cm³/mol. The predicted octanol–water partition coefficient (Wildman–Crippen LogP) is 3.43. The number of nitrogens with one attached hydrogen (secondary N) is 1. The molecule has 0 bridgehead atoms. The molecule has 40 heavy (non-hydrogen) atoms. The highest BCUT2D eigenvalue weighted by Crippen LogP contribution is 2.32. The van der Waals surface area contributed by atoms with E-state index in [0.717, 1.165) is 16.7 Å². The average Bonchev–Trinajstić information content (AvgIpc) is 2.98. The van der Waals surface area contributed by atoms with E-state index < -0.39 is 12.2 Å². The third-order valence-electron chi connectivity index (χ3n) is 7.57. The summed E-state index contributed by atoms with van der Waals surface area (Å²) in [6.45, 7) is 2.45. The van der Waals surface area contributed by atoms with E-state index in [1.165, 1.54) is 0 Å². The van der Waals surface area contributed by atoms with E-state index in [-0.39, 0.29) is 43.5 Å². The number of carbonyl (C=O) groups excluding carboxylic acids is 3. The fourth-order valence-electron chi connectivity index (χ4n) is 5.55. The minimum Gasteiger partial charge on any atom is -0.333 e. The molecule has 0 unspecified atom stereocenters. The van der Waals surface area contributed by atoms with E-state index in [1.54, 1.807) is 19.8 Å². The van der Waals surface area contributed by atoms with Crippen LogP contribution in [0.3, 0.4) is 0 Å². The van der Waals surface area contributed by atoms with E-state index in [2.05, 4.69) is 11.2 Å². The summed E-state index contributed by atoms with van der Waals surface area (Å²) in [6, 6.07) is 27.6. The number of piperazine rings is 1. The number of benzene rings is 3. The smallest absolute Gasteiger partial charge is 0.333 e. The van der Waals surface area contributed by atoms with Gasteiger partial charge in [0.15, 0.2) is 0 Å². The Bertz CT molecular complexity index is 1380. The molecule has 1 N–H and O–H groups in total. The van der Waals surface area contributed by atoms with Crippen molar-refractivity contribution < 1.29 is 14.4 Å². The van der Waals surface area contributed by atoms with Gasteiger partial charge in [-0.2, -0.15) is 5.01 Å². The number of fused-ring (bicyclic) bond motifs is 1. The fraction of sp³-hybridized carbons (Fsp3) is 0.281. The normalized spacial score (nSPS) is 20.1. The molecule has 0 saturated carbocycles. The second-order valence-electron chi connectivity index (χ2n) is 10.1. The molecule has 2 aliphatic rings. The number of terminal acetylenes is 1. The van der Waals surface area contributed by atoms with E-state index >= 15 is 0 Å². The number of rotatable bonds is 7. The summed E-state index contributed by atoms with van der Waals surface area (Å²) in [7, 11) is 0. The largest absolute Gasteiger partial charge is 0.334 e. The molecule has 3 atom stereocenters. The molecule has 3 aromatic rings. The average molecular weight is 536 g/mol. The Morgan fingerprint density at radius 2 is 1.55 bits per heavy atom. The summed E-state index contributed by atoms with van der Waals surface area (Å²) in [6.07, 6.45) is 5.29. The summed E-state index contributed by atoms with van der Waals surface area (Å²) in [5.41, 5.74) is 2.86. The number of amides is 4. The quantitative estimate of drug-likeness (QED) is 0.471. The maximum absolute atomic E-state index is 14.1. The van der Waals surface area contributed by atoms with Crippen molar-refractivity contribution in [3.8, 4) is 12.3 Å². The minimum atomic E-state index is -0.766. The highest BCUT2D eigenvalue weighted by molar-refractivity contribution is 5.92. The van der Waals surface area contributed by atoms with Crippen molar-refractivity contribution in [3.63, 3.8) is 0 Å². The third-order valence-corrected chi connectivity index (χ3v) is 7.57. The zero-order chi connectivity index (χ0) is 28.1. The van der Waals surface area contributed by atoms with Crippen LogP contribution in [0.25, 0.3) is 0 Å². The number of hydrogen-bond donors (Lipinski definition) is 1. The van der Waals surface area contributed by atoms with Crippen LogP contribution in [0.2, 0.25) is 0 Å².